The van der Waals surface area contributed by atoms with Crippen LogP contribution in [0.1, 0.15) is 49.7 Å². The number of fused-ring (bicyclic) bond motifs is 1. The number of hydrogen-bond acceptors (Lipinski definition) is 4. The molecule has 0 aliphatic carbocycles. The van der Waals surface area contributed by atoms with E-state index in [4.69, 9.17) is 4.74 Å². The quantitative estimate of drug-likeness (QED) is 0.802. The van der Waals surface area contributed by atoms with Crippen molar-refractivity contribution < 1.29 is 14.3 Å². The van der Waals surface area contributed by atoms with Gasteiger partial charge in [0.2, 0.25) is 5.91 Å². The van der Waals surface area contributed by atoms with Crippen LogP contribution in [-0.2, 0) is 4.79 Å². The van der Waals surface area contributed by atoms with Crippen molar-refractivity contribution >= 4 is 29.3 Å². The fourth-order valence-electron chi connectivity index (χ4n) is 2.82. The minimum Gasteiger partial charge on any atom is -0.491 e. The third-order valence-corrected chi connectivity index (χ3v) is 5.45. The summed E-state index contributed by atoms with van der Waals surface area (Å²) in [6.07, 6.45) is 0.124. The second-order valence-corrected chi connectivity index (χ2v) is 8.27. The number of rotatable bonds is 5. The van der Waals surface area contributed by atoms with Crippen LogP contribution in [0.4, 0.5) is 5.69 Å². The van der Waals surface area contributed by atoms with E-state index in [1.807, 2.05) is 58.0 Å². The largest absolute Gasteiger partial charge is 0.491 e. The molecule has 0 saturated carbocycles. The van der Waals surface area contributed by atoms with Crippen LogP contribution in [0.25, 0.3) is 0 Å². The molecular weight excluding hydrogens is 360 g/mol. The maximum Gasteiger partial charge on any atom is 0.251 e. The Balaban J connectivity index is 1.68. The van der Waals surface area contributed by atoms with Crippen LogP contribution in [-0.4, -0.2) is 23.2 Å². The van der Waals surface area contributed by atoms with Gasteiger partial charge < -0.3 is 15.4 Å². The summed E-state index contributed by atoms with van der Waals surface area (Å²) in [6.45, 7) is 7.77. The highest BCUT2D eigenvalue weighted by Crippen LogP contribution is 2.36. The Morgan fingerprint density at radius 3 is 2.52 bits per heavy atom. The summed E-state index contributed by atoms with van der Waals surface area (Å²) in [6, 6.07) is 13.0. The fraction of sp³-hybridized carbons (Fsp3) is 0.333. The number of hydrogen-bond donors (Lipinski definition) is 2. The summed E-state index contributed by atoms with van der Waals surface area (Å²) >= 11 is 1.50. The number of amides is 2. The molecule has 2 aromatic carbocycles. The number of ether oxygens (including phenoxy) is 1. The molecule has 5 nitrogen and oxygen atoms in total. The average Bonchev–Trinajstić information content (AvgIpc) is 2.62. The number of anilines is 1. The van der Waals surface area contributed by atoms with Gasteiger partial charge >= 0.3 is 0 Å². The monoisotopic (exact) mass is 384 g/mol. The molecule has 0 bridgehead atoms. The molecule has 2 aromatic rings. The third-order valence-electron chi connectivity index (χ3n) is 4.27. The van der Waals surface area contributed by atoms with Crippen molar-refractivity contribution in [3.63, 3.8) is 0 Å². The van der Waals surface area contributed by atoms with Crippen LogP contribution in [0.3, 0.4) is 0 Å². The van der Waals surface area contributed by atoms with Crippen LogP contribution in [0, 0.1) is 0 Å². The van der Waals surface area contributed by atoms with Gasteiger partial charge in [-0.15, -0.1) is 11.8 Å². The smallest absolute Gasteiger partial charge is 0.251 e. The zero-order valence-electron chi connectivity index (χ0n) is 15.9. The molecule has 1 aliphatic heterocycles. The molecule has 0 spiro atoms. The maximum atomic E-state index is 12.6. The van der Waals surface area contributed by atoms with Gasteiger partial charge in [-0.3, -0.25) is 9.59 Å². The molecule has 0 fully saturated rings. The Hall–Kier alpha value is -2.47. The van der Waals surface area contributed by atoms with E-state index in [-0.39, 0.29) is 29.2 Å². The lowest BCUT2D eigenvalue weighted by Crippen LogP contribution is -2.28. The Morgan fingerprint density at radius 2 is 1.85 bits per heavy atom. The zero-order valence-corrected chi connectivity index (χ0v) is 16.7. The summed E-state index contributed by atoms with van der Waals surface area (Å²) in [5, 5.41) is 5.73. The standard InChI is InChI=1S/C21H24N2O3S/c1-12(2)26-17-8-5-15(6-9-17)13(3)22-21(25)16-7-10-19-18(11-16)23-20(24)14(4)27-19/h5-14H,1-4H3,(H,22,25)(H,23,24). The molecule has 27 heavy (non-hydrogen) atoms. The number of benzene rings is 2. The van der Waals surface area contributed by atoms with E-state index in [1.54, 1.807) is 12.1 Å². The SMILES string of the molecule is CC(C)Oc1ccc(C(C)NC(=O)c2ccc3c(c2)NC(=O)C(C)S3)cc1. The Kier molecular flexibility index (Phi) is 5.75. The van der Waals surface area contributed by atoms with Crippen molar-refractivity contribution in [2.75, 3.05) is 5.32 Å². The van der Waals surface area contributed by atoms with E-state index in [9.17, 15) is 9.59 Å². The lowest BCUT2D eigenvalue weighted by atomic mass is 10.1. The van der Waals surface area contributed by atoms with Crippen molar-refractivity contribution in [2.45, 2.75) is 50.0 Å². The zero-order chi connectivity index (χ0) is 19.6. The van der Waals surface area contributed by atoms with Crippen molar-refractivity contribution in [3.8, 4) is 5.75 Å². The molecule has 142 valence electrons. The van der Waals surface area contributed by atoms with Gasteiger partial charge in [-0.1, -0.05) is 12.1 Å². The van der Waals surface area contributed by atoms with Gasteiger partial charge in [0.05, 0.1) is 23.1 Å². The Bertz CT molecular complexity index is 849. The maximum absolute atomic E-state index is 12.6. The summed E-state index contributed by atoms with van der Waals surface area (Å²) in [5.74, 6) is 0.595. The summed E-state index contributed by atoms with van der Waals surface area (Å²) in [7, 11) is 0. The first-order valence-corrected chi connectivity index (χ1v) is 9.90. The molecule has 0 aromatic heterocycles. The van der Waals surface area contributed by atoms with Crippen molar-refractivity contribution in [1.29, 1.82) is 0 Å². The van der Waals surface area contributed by atoms with Crippen LogP contribution in [0.15, 0.2) is 47.4 Å². The topological polar surface area (TPSA) is 67.4 Å². The van der Waals surface area contributed by atoms with Gasteiger partial charge in [0.25, 0.3) is 5.91 Å². The first kappa shape index (κ1) is 19.3. The minimum atomic E-state index is -0.175. The van der Waals surface area contributed by atoms with Gasteiger partial charge in [0, 0.05) is 10.5 Å². The second-order valence-electron chi connectivity index (χ2n) is 6.89. The highest BCUT2D eigenvalue weighted by molar-refractivity contribution is 8.00. The average molecular weight is 385 g/mol. The molecule has 3 rings (SSSR count). The minimum absolute atomic E-state index is 0.0397. The predicted octanol–water partition coefficient (Wildman–Crippen LogP) is 4.40. The molecule has 2 atom stereocenters. The van der Waals surface area contributed by atoms with Crippen LogP contribution in [0.2, 0.25) is 0 Å². The predicted molar refractivity (Wildman–Crippen MR) is 108 cm³/mol. The molecule has 0 radical (unpaired) electrons. The third kappa shape index (κ3) is 4.63. The normalized spacial score (nSPS) is 17.1. The van der Waals surface area contributed by atoms with E-state index in [0.29, 0.717) is 11.3 Å². The van der Waals surface area contributed by atoms with E-state index in [1.165, 1.54) is 11.8 Å². The Morgan fingerprint density at radius 1 is 1.15 bits per heavy atom. The van der Waals surface area contributed by atoms with Crippen molar-refractivity contribution in [2.24, 2.45) is 0 Å². The lowest BCUT2D eigenvalue weighted by Gasteiger charge is -2.22. The van der Waals surface area contributed by atoms with Crippen LogP contribution >= 0.6 is 11.8 Å². The van der Waals surface area contributed by atoms with E-state index >= 15 is 0 Å². The Labute approximate surface area is 163 Å². The highest BCUT2D eigenvalue weighted by Gasteiger charge is 2.24. The molecule has 6 heteroatoms. The number of thioether (sulfide) groups is 1. The van der Waals surface area contributed by atoms with Crippen LogP contribution < -0.4 is 15.4 Å². The summed E-state index contributed by atoms with van der Waals surface area (Å²) in [4.78, 5) is 25.4. The van der Waals surface area contributed by atoms with Gasteiger partial charge in [0.15, 0.2) is 0 Å². The van der Waals surface area contributed by atoms with Crippen molar-refractivity contribution in [3.05, 3.63) is 53.6 Å². The molecule has 2 N–H and O–H groups in total. The number of carbonyl (C=O) groups excluding carboxylic acids is 2. The first-order chi connectivity index (χ1) is 12.8. The number of carbonyl (C=O) groups is 2. The van der Waals surface area contributed by atoms with E-state index in [2.05, 4.69) is 10.6 Å². The van der Waals surface area contributed by atoms with Crippen LogP contribution in [0.5, 0.6) is 5.75 Å². The van der Waals surface area contributed by atoms with Gasteiger partial charge in [-0.2, -0.15) is 0 Å². The van der Waals surface area contributed by atoms with Gasteiger partial charge in [-0.05, 0) is 63.6 Å². The van der Waals surface area contributed by atoms with Crippen molar-refractivity contribution in [1.82, 2.24) is 5.32 Å². The fourth-order valence-corrected chi connectivity index (χ4v) is 3.75. The molecule has 2 unspecified atom stereocenters. The summed E-state index contributed by atoms with van der Waals surface area (Å²) < 4.78 is 5.64. The van der Waals surface area contributed by atoms with Gasteiger partial charge in [-0.25, -0.2) is 0 Å². The molecule has 2 amide bonds. The molecule has 1 heterocycles. The molecule has 1 aliphatic rings. The van der Waals surface area contributed by atoms with Gasteiger partial charge in [0.1, 0.15) is 5.75 Å². The molecular formula is C21H24N2O3S. The van der Waals surface area contributed by atoms with E-state index in [0.717, 1.165) is 16.2 Å². The highest BCUT2D eigenvalue weighted by atomic mass is 32.2. The number of nitrogens with one attached hydrogen (secondary N) is 2. The van der Waals surface area contributed by atoms with E-state index < -0.39 is 0 Å². The molecule has 0 saturated heterocycles. The summed E-state index contributed by atoms with van der Waals surface area (Å²) in [5.41, 5.74) is 2.21. The second kappa shape index (κ2) is 8.05. The lowest BCUT2D eigenvalue weighted by molar-refractivity contribution is -0.115. The first-order valence-electron chi connectivity index (χ1n) is 9.02.